The first-order chi connectivity index (χ1) is 9.63. The molecule has 0 aromatic carbocycles. The van der Waals surface area contributed by atoms with Crippen molar-refractivity contribution in [1.82, 2.24) is 25.0 Å². The van der Waals surface area contributed by atoms with Crippen molar-refractivity contribution >= 4 is 11.9 Å². The highest BCUT2D eigenvalue weighted by Gasteiger charge is 2.52. The van der Waals surface area contributed by atoms with Crippen molar-refractivity contribution in [3.63, 3.8) is 0 Å². The van der Waals surface area contributed by atoms with E-state index in [0.29, 0.717) is 12.4 Å². The molecule has 0 radical (unpaired) electrons. The van der Waals surface area contributed by atoms with Gasteiger partial charge in [0.1, 0.15) is 17.7 Å². The van der Waals surface area contributed by atoms with Gasteiger partial charge in [-0.25, -0.2) is 9.78 Å². The normalized spacial score (nSPS) is 22.1. The smallest absolute Gasteiger partial charge is 0.302 e. The Hall–Kier alpha value is -1.92. The van der Waals surface area contributed by atoms with E-state index in [2.05, 4.69) is 15.4 Å². The van der Waals surface area contributed by atoms with Gasteiger partial charge in [-0.15, -0.1) is 0 Å². The van der Waals surface area contributed by atoms with Crippen LogP contribution in [-0.4, -0.2) is 37.1 Å². The number of hydrogen-bond donors (Lipinski definition) is 1. The van der Waals surface area contributed by atoms with E-state index < -0.39 is 5.54 Å². The third-order valence-corrected chi connectivity index (χ3v) is 4.44. The molecular formula is C13H19N5O2. The Kier molecular flexibility index (Phi) is 3.19. The van der Waals surface area contributed by atoms with Gasteiger partial charge in [0.05, 0.1) is 6.54 Å². The monoisotopic (exact) mass is 277 g/mol. The summed E-state index contributed by atoms with van der Waals surface area (Å²) < 4.78 is 1.64. The summed E-state index contributed by atoms with van der Waals surface area (Å²) in [6, 6.07) is -0.306. The zero-order valence-electron chi connectivity index (χ0n) is 11.6. The maximum atomic E-state index is 12.3. The Morgan fingerprint density at radius 2 is 1.95 bits per heavy atom. The van der Waals surface area contributed by atoms with Crippen molar-refractivity contribution in [2.75, 3.05) is 0 Å². The standard InChI is InChI=1S/C13H19N5O2/c1-17-10(14-9-15-17)8-18-12(20)16-11(19)13(18)6-4-2-3-5-7-13/h9H,2-8H2,1H3,(H,16,19,20). The third kappa shape index (κ3) is 1.97. The SMILES string of the molecule is Cn1ncnc1CN1C(=O)NC(=O)C12CCCCCC2. The van der Waals surface area contributed by atoms with Gasteiger partial charge in [0.15, 0.2) is 0 Å². The molecule has 1 N–H and O–H groups in total. The Morgan fingerprint density at radius 1 is 1.25 bits per heavy atom. The molecule has 7 nitrogen and oxygen atoms in total. The molecule has 2 aliphatic rings. The Labute approximate surface area is 117 Å². The number of aryl methyl sites for hydroxylation is 1. The van der Waals surface area contributed by atoms with E-state index in [1.165, 1.54) is 6.33 Å². The molecule has 3 rings (SSSR count). The van der Waals surface area contributed by atoms with Crippen LogP contribution in [0, 0.1) is 0 Å². The van der Waals surface area contributed by atoms with Crippen molar-refractivity contribution in [2.24, 2.45) is 7.05 Å². The van der Waals surface area contributed by atoms with Crippen molar-refractivity contribution in [2.45, 2.75) is 50.6 Å². The molecule has 1 aliphatic heterocycles. The first-order valence-corrected chi connectivity index (χ1v) is 7.09. The largest absolute Gasteiger partial charge is 0.325 e. The van der Waals surface area contributed by atoms with Gasteiger partial charge in [0, 0.05) is 7.05 Å². The van der Waals surface area contributed by atoms with Gasteiger partial charge in [-0.2, -0.15) is 5.10 Å². The zero-order valence-corrected chi connectivity index (χ0v) is 11.6. The van der Waals surface area contributed by atoms with Gasteiger partial charge in [0.2, 0.25) is 0 Å². The van der Waals surface area contributed by atoms with Crippen LogP contribution in [0.15, 0.2) is 6.33 Å². The fourth-order valence-electron chi connectivity index (χ4n) is 3.24. The molecule has 1 aliphatic carbocycles. The number of carbonyl (C=O) groups excluding carboxylic acids is 2. The van der Waals surface area contributed by atoms with Crippen LogP contribution < -0.4 is 5.32 Å². The van der Waals surface area contributed by atoms with Gasteiger partial charge >= 0.3 is 6.03 Å². The van der Waals surface area contributed by atoms with E-state index >= 15 is 0 Å². The molecule has 2 heterocycles. The molecule has 1 aromatic rings. The summed E-state index contributed by atoms with van der Waals surface area (Å²) in [7, 11) is 1.79. The van der Waals surface area contributed by atoms with Crippen molar-refractivity contribution in [1.29, 1.82) is 0 Å². The summed E-state index contributed by atoms with van der Waals surface area (Å²) in [5, 5.41) is 6.49. The lowest BCUT2D eigenvalue weighted by atomic mass is 9.88. The number of hydrogen-bond acceptors (Lipinski definition) is 4. The van der Waals surface area contributed by atoms with Gasteiger partial charge in [-0.1, -0.05) is 25.7 Å². The average molecular weight is 277 g/mol. The minimum atomic E-state index is -0.681. The number of aromatic nitrogens is 3. The molecule has 0 atom stereocenters. The topological polar surface area (TPSA) is 80.1 Å². The van der Waals surface area contributed by atoms with Crippen LogP contribution in [0.2, 0.25) is 0 Å². The number of urea groups is 1. The zero-order chi connectivity index (χ0) is 14.2. The lowest BCUT2D eigenvalue weighted by Crippen LogP contribution is -2.49. The predicted molar refractivity (Wildman–Crippen MR) is 70.5 cm³/mol. The van der Waals surface area contributed by atoms with Gasteiger partial charge < -0.3 is 4.90 Å². The first kappa shape index (κ1) is 13.1. The Bertz CT molecular complexity index is 531. The van der Waals surface area contributed by atoms with Crippen molar-refractivity contribution in [3.05, 3.63) is 12.2 Å². The second-order valence-electron chi connectivity index (χ2n) is 5.59. The van der Waals surface area contributed by atoms with E-state index in [0.717, 1.165) is 38.5 Å². The highest BCUT2D eigenvalue weighted by atomic mass is 16.2. The summed E-state index contributed by atoms with van der Waals surface area (Å²) >= 11 is 0. The molecule has 0 unspecified atom stereocenters. The van der Waals surface area contributed by atoms with Crippen LogP contribution >= 0.6 is 0 Å². The van der Waals surface area contributed by atoms with Crippen molar-refractivity contribution < 1.29 is 9.59 Å². The quantitative estimate of drug-likeness (QED) is 0.816. The molecule has 108 valence electrons. The van der Waals surface area contributed by atoms with Gasteiger partial charge in [-0.05, 0) is 12.8 Å². The molecular weight excluding hydrogens is 258 g/mol. The molecule has 2 fully saturated rings. The third-order valence-electron chi connectivity index (χ3n) is 4.44. The maximum absolute atomic E-state index is 12.3. The van der Waals surface area contributed by atoms with E-state index in [1.807, 2.05) is 0 Å². The number of nitrogens with one attached hydrogen (secondary N) is 1. The Morgan fingerprint density at radius 3 is 2.55 bits per heavy atom. The maximum Gasteiger partial charge on any atom is 0.325 e. The molecule has 0 bridgehead atoms. The Balaban J connectivity index is 1.91. The fraction of sp³-hybridized carbons (Fsp3) is 0.692. The predicted octanol–water partition coefficient (Wildman–Crippen LogP) is 0.960. The molecule has 1 spiro atoms. The number of rotatable bonds is 2. The molecule has 3 amide bonds. The second kappa shape index (κ2) is 4.88. The molecule has 1 saturated heterocycles. The number of amides is 3. The molecule has 20 heavy (non-hydrogen) atoms. The van der Waals surface area contributed by atoms with Crippen LogP contribution in [0.4, 0.5) is 4.79 Å². The fourth-order valence-corrected chi connectivity index (χ4v) is 3.24. The second-order valence-corrected chi connectivity index (χ2v) is 5.59. The number of carbonyl (C=O) groups is 2. The van der Waals surface area contributed by atoms with Crippen LogP contribution in [0.3, 0.4) is 0 Å². The summed E-state index contributed by atoms with van der Waals surface area (Å²) in [6.07, 6.45) is 7.16. The van der Waals surface area contributed by atoms with E-state index in [4.69, 9.17) is 0 Å². The summed E-state index contributed by atoms with van der Waals surface area (Å²) in [5.41, 5.74) is -0.681. The van der Waals surface area contributed by atoms with Crippen LogP contribution in [-0.2, 0) is 18.4 Å². The van der Waals surface area contributed by atoms with Gasteiger partial charge in [0.25, 0.3) is 5.91 Å². The summed E-state index contributed by atoms with van der Waals surface area (Å²) in [5.74, 6) is 0.546. The van der Waals surface area contributed by atoms with E-state index in [1.54, 1.807) is 16.6 Å². The van der Waals surface area contributed by atoms with Crippen LogP contribution in [0.1, 0.15) is 44.3 Å². The minimum absolute atomic E-state index is 0.147. The van der Waals surface area contributed by atoms with Crippen LogP contribution in [0.25, 0.3) is 0 Å². The molecule has 1 aromatic heterocycles. The highest BCUT2D eigenvalue weighted by Crippen LogP contribution is 2.36. The number of imide groups is 1. The van der Waals surface area contributed by atoms with Crippen LogP contribution in [0.5, 0.6) is 0 Å². The van der Waals surface area contributed by atoms with E-state index in [9.17, 15) is 9.59 Å². The summed E-state index contributed by atoms with van der Waals surface area (Å²) in [4.78, 5) is 30.3. The average Bonchev–Trinajstić information content (AvgIpc) is 2.80. The minimum Gasteiger partial charge on any atom is -0.302 e. The van der Waals surface area contributed by atoms with E-state index in [-0.39, 0.29) is 11.9 Å². The summed E-state index contributed by atoms with van der Waals surface area (Å²) in [6.45, 7) is 0.327. The first-order valence-electron chi connectivity index (χ1n) is 7.09. The lowest BCUT2D eigenvalue weighted by Gasteiger charge is -2.34. The molecule has 7 heteroatoms. The number of nitrogens with zero attached hydrogens (tertiary/aromatic N) is 4. The highest BCUT2D eigenvalue weighted by molar-refractivity contribution is 6.06. The molecule has 1 saturated carbocycles. The van der Waals surface area contributed by atoms with Gasteiger partial charge in [-0.3, -0.25) is 14.8 Å². The lowest BCUT2D eigenvalue weighted by molar-refractivity contribution is -0.127. The van der Waals surface area contributed by atoms with Crippen molar-refractivity contribution in [3.8, 4) is 0 Å².